The minimum atomic E-state index is -4.37. The Hall–Kier alpha value is -0.930. The molecule has 1 aliphatic rings. The van der Waals surface area contributed by atoms with Crippen molar-refractivity contribution in [2.45, 2.75) is 23.5 Å². The van der Waals surface area contributed by atoms with Crippen LogP contribution in [0.1, 0.15) is 6.42 Å². The van der Waals surface area contributed by atoms with E-state index in [2.05, 4.69) is 0 Å². The second-order valence-electron chi connectivity index (χ2n) is 4.49. The van der Waals surface area contributed by atoms with E-state index in [0.29, 0.717) is 4.31 Å². The fourth-order valence-corrected chi connectivity index (χ4v) is 4.46. The fraction of sp³-hybridized carbons (Fsp3) is 0.364. The highest BCUT2D eigenvalue weighted by atomic mass is 35.5. The van der Waals surface area contributed by atoms with Crippen LogP contribution in [-0.4, -0.2) is 47.6 Å². The predicted octanol–water partition coefficient (Wildman–Crippen LogP) is 1.34. The summed E-state index contributed by atoms with van der Waals surface area (Å²) in [5.41, 5.74) is 0. The minimum Gasteiger partial charge on any atom is -0.480 e. The number of rotatable bonds is 3. The molecular formula is C11H10Cl2FNO5S. The Morgan fingerprint density at radius 1 is 1.38 bits per heavy atom. The van der Waals surface area contributed by atoms with Crippen molar-refractivity contribution in [3.63, 3.8) is 0 Å². The molecule has 1 aromatic rings. The van der Waals surface area contributed by atoms with Crippen LogP contribution in [0.3, 0.4) is 0 Å². The lowest BCUT2D eigenvalue weighted by molar-refractivity contribution is -0.140. The minimum absolute atomic E-state index is 0.248. The Morgan fingerprint density at radius 3 is 2.57 bits per heavy atom. The van der Waals surface area contributed by atoms with Crippen LogP contribution in [0.25, 0.3) is 0 Å². The fourth-order valence-electron chi connectivity index (χ4n) is 2.11. The molecule has 1 aromatic carbocycles. The molecule has 0 aromatic heterocycles. The third kappa shape index (κ3) is 2.86. The summed E-state index contributed by atoms with van der Waals surface area (Å²) in [7, 11) is -4.37. The summed E-state index contributed by atoms with van der Waals surface area (Å²) in [5, 5.41) is 17.5. The van der Waals surface area contributed by atoms with Crippen LogP contribution in [0.15, 0.2) is 17.0 Å². The lowest BCUT2D eigenvalue weighted by atomic mass is 10.2. The molecule has 1 heterocycles. The van der Waals surface area contributed by atoms with Crippen molar-refractivity contribution in [3.8, 4) is 0 Å². The van der Waals surface area contributed by atoms with Gasteiger partial charge in [0.1, 0.15) is 10.9 Å². The third-order valence-electron chi connectivity index (χ3n) is 3.11. The molecule has 0 bridgehead atoms. The quantitative estimate of drug-likeness (QED) is 0.796. The number of benzene rings is 1. The highest BCUT2D eigenvalue weighted by Gasteiger charge is 2.44. The molecule has 1 aliphatic heterocycles. The number of sulfonamides is 1. The van der Waals surface area contributed by atoms with Crippen molar-refractivity contribution in [2.75, 3.05) is 6.54 Å². The van der Waals surface area contributed by atoms with Gasteiger partial charge in [0.15, 0.2) is 5.82 Å². The molecule has 2 rings (SSSR count). The van der Waals surface area contributed by atoms with E-state index in [1.807, 2.05) is 0 Å². The number of aliphatic carboxylic acids is 1. The van der Waals surface area contributed by atoms with Gasteiger partial charge in [0, 0.05) is 13.0 Å². The van der Waals surface area contributed by atoms with E-state index in [0.717, 1.165) is 12.1 Å². The van der Waals surface area contributed by atoms with E-state index >= 15 is 0 Å². The van der Waals surface area contributed by atoms with Crippen molar-refractivity contribution >= 4 is 39.2 Å². The molecule has 2 unspecified atom stereocenters. The first-order valence-corrected chi connectivity index (χ1v) is 7.92. The molecule has 21 heavy (non-hydrogen) atoms. The average molecular weight is 358 g/mol. The zero-order chi connectivity index (χ0) is 15.9. The van der Waals surface area contributed by atoms with Gasteiger partial charge in [0.25, 0.3) is 0 Å². The number of hydrogen-bond donors (Lipinski definition) is 2. The van der Waals surface area contributed by atoms with Gasteiger partial charge in [0.2, 0.25) is 10.0 Å². The van der Waals surface area contributed by atoms with Crippen molar-refractivity contribution in [2.24, 2.45) is 0 Å². The molecule has 1 fully saturated rings. The number of aliphatic hydroxyl groups excluding tert-OH is 1. The zero-order valence-corrected chi connectivity index (χ0v) is 12.7. The monoisotopic (exact) mass is 357 g/mol. The van der Waals surface area contributed by atoms with Crippen molar-refractivity contribution in [1.82, 2.24) is 4.31 Å². The predicted molar refractivity (Wildman–Crippen MR) is 72.4 cm³/mol. The molecule has 2 atom stereocenters. The first-order valence-electron chi connectivity index (χ1n) is 5.72. The summed E-state index contributed by atoms with van der Waals surface area (Å²) >= 11 is 11.1. The highest BCUT2D eigenvalue weighted by Crippen LogP contribution is 2.34. The maximum Gasteiger partial charge on any atom is 0.322 e. The molecule has 10 heteroatoms. The Balaban J connectivity index is 2.52. The molecule has 0 radical (unpaired) electrons. The second-order valence-corrected chi connectivity index (χ2v) is 7.14. The number of nitrogens with zero attached hydrogens (tertiary/aromatic N) is 1. The number of aliphatic hydroxyl groups is 1. The maximum absolute atomic E-state index is 13.6. The Labute approximate surface area is 129 Å². The number of carboxylic acids is 1. The van der Waals surface area contributed by atoms with Crippen molar-refractivity contribution in [1.29, 1.82) is 0 Å². The van der Waals surface area contributed by atoms with E-state index in [-0.39, 0.29) is 11.4 Å². The Morgan fingerprint density at radius 2 is 2.00 bits per heavy atom. The van der Waals surface area contributed by atoms with Crippen molar-refractivity contribution in [3.05, 3.63) is 28.0 Å². The number of carboxylic acid groups (broad SMARTS) is 1. The largest absolute Gasteiger partial charge is 0.480 e. The van der Waals surface area contributed by atoms with Crippen LogP contribution in [0.2, 0.25) is 10.0 Å². The maximum atomic E-state index is 13.6. The summed E-state index contributed by atoms with van der Waals surface area (Å²) in [6.07, 6.45) is -1.36. The molecule has 2 N–H and O–H groups in total. The van der Waals surface area contributed by atoms with Gasteiger partial charge in [-0.15, -0.1) is 0 Å². The number of hydrogen-bond acceptors (Lipinski definition) is 4. The summed E-state index contributed by atoms with van der Waals surface area (Å²) in [6, 6.07) is 0.574. The van der Waals surface area contributed by atoms with Gasteiger partial charge >= 0.3 is 5.97 Å². The van der Waals surface area contributed by atoms with Gasteiger partial charge in [0.05, 0.1) is 16.1 Å². The molecule has 0 spiro atoms. The first kappa shape index (κ1) is 16.4. The highest BCUT2D eigenvalue weighted by molar-refractivity contribution is 7.89. The topological polar surface area (TPSA) is 94.9 Å². The number of carbonyl (C=O) groups is 1. The van der Waals surface area contributed by atoms with Gasteiger partial charge in [-0.3, -0.25) is 4.79 Å². The van der Waals surface area contributed by atoms with Crippen LogP contribution in [0, 0.1) is 5.82 Å². The van der Waals surface area contributed by atoms with E-state index in [4.69, 9.17) is 28.3 Å². The van der Waals surface area contributed by atoms with Crippen LogP contribution < -0.4 is 0 Å². The van der Waals surface area contributed by atoms with Gasteiger partial charge < -0.3 is 10.2 Å². The average Bonchev–Trinajstić information content (AvgIpc) is 2.79. The van der Waals surface area contributed by atoms with E-state index in [1.54, 1.807) is 0 Å². The third-order valence-corrected chi connectivity index (χ3v) is 5.80. The van der Waals surface area contributed by atoms with Gasteiger partial charge in [-0.1, -0.05) is 23.2 Å². The SMILES string of the molecule is O=C(O)C1CC(O)CN1S(=O)(=O)c1ccc(Cl)c(F)c1Cl. The number of β-amino-alcohol motifs (C(OH)–C–C–N with tert-alkyl or cyclic N) is 1. The van der Waals surface area contributed by atoms with Crippen molar-refractivity contribution < 1.29 is 27.8 Å². The van der Waals surface area contributed by atoms with E-state index < -0.39 is 50.4 Å². The van der Waals surface area contributed by atoms with Crippen LogP contribution >= 0.6 is 23.2 Å². The Bertz CT molecular complexity index is 696. The van der Waals surface area contributed by atoms with E-state index in [9.17, 15) is 22.7 Å². The summed E-state index contributed by atoms with van der Waals surface area (Å²) < 4.78 is 39.1. The van der Waals surface area contributed by atoms with Crippen LogP contribution in [0.4, 0.5) is 4.39 Å². The lowest BCUT2D eigenvalue weighted by Gasteiger charge is -2.21. The second kappa shape index (κ2) is 5.69. The molecular weight excluding hydrogens is 348 g/mol. The molecule has 6 nitrogen and oxygen atoms in total. The van der Waals surface area contributed by atoms with Crippen LogP contribution in [-0.2, 0) is 14.8 Å². The summed E-state index contributed by atoms with van der Waals surface area (Å²) in [5.74, 6) is -2.51. The summed E-state index contributed by atoms with van der Waals surface area (Å²) in [4.78, 5) is 10.5. The number of halogens is 3. The first-order chi connectivity index (χ1) is 9.66. The normalized spacial score (nSPS) is 23.4. The smallest absolute Gasteiger partial charge is 0.322 e. The molecule has 0 saturated carbocycles. The molecule has 0 amide bonds. The molecule has 1 saturated heterocycles. The van der Waals surface area contributed by atoms with Crippen LogP contribution in [0.5, 0.6) is 0 Å². The standard InChI is InChI=1S/C11H10Cl2FNO5S/c12-6-1-2-8(9(13)10(6)14)21(19,20)15-4-5(16)3-7(15)11(17)18/h1-2,5,7,16H,3-4H2,(H,17,18). The summed E-state index contributed by atoms with van der Waals surface area (Å²) in [6.45, 7) is -0.403. The molecule has 116 valence electrons. The Kier molecular flexibility index (Phi) is 4.46. The molecule has 0 aliphatic carbocycles. The zero-order valence-electron chi connectivity index (χ0n) is 10.3. The van der Waals surface area contributed by atoms with Gasteiger partial charge in [-0.2, -0.15) is 4.31 Å². The van der Waals surface area contributed by atoms with Gasteiger partial charge in [-0.05, 0) is 12.1 Å². The van der Waals surface area contributed by atoms with E-state index in [1.165, 1.54) is 0 Å². The lowest BCUT2D eigenvalue weighted by Crippen LogP contribution is -2.40. The van der Waals surface area contributed by atoms with Gasteiger partial charge in [-0.25, -0.2) is 12.8 Å².